The molecule has 1 aliphatic rings. The summed E-state index contributed by atoms with van der Waals surface area (Å²) >= 11 is 0. The molecule has 78 valence electrons. The summed E-state index contributed by atoms with van der Waals surface area (Å²) in [7, 11) is 0. The highest BCUT2D eigenvalue weighted by molar-refractivity contribution is 5.34. The quantitative estimate of drug-likeness (QED) is 0.674. The van der Waals surface area contributed by atoms with Gasteiger partial charge in [-0.25, -0.2) is 0 Å². The molecule has 1 aliphatic heterocycles. The zero-order valence-electron chi connectivity index (χ0n) is 9.12. The third-order valence-corrected chi connectivity index (χ3v) is 3.00. The summed E-state index contributed by atoms with van der Waals surface area (Å²) in [6, 6.07) is 10.3. The van der Waals surface area contributed by atoms with E-state index in [1.54, 1.807) is 0 Å². The molecule has 0 spiro atoms. The minimum atomic E-state index is -0.237. The fraction of sp³-hybridized carbons (Fsp3) is 0.286. The van der Waals surface area contributed by atoms with E-state index in [-0.39, 0.29) is 5.60 Å². The zero-order valence-corrected chi connectivity index (χ0v) is 9.12. The van der Waals surface area contributed by atoms with Gasteiger partial charge in [0.2, 0.25) is 0 Å². The van der Waals surface area contributed by atoms with Gasteiger partial charge in [0.1, 0.15) is 0 Å². The van der Waals surface area contributed by atoms with Crippen LogP contribution in [0.25, 0.3) is 0 Å². The molecule has 0 amide bonds. The molecule has 0 radical (unpaired) electrons. The molecular weight excluding hydrogens is 184 g/mol. The highest BCUT2D eigenvalue weighted by Gasteiger charge is 2.32. The molecule has 0 saturated carbocycles. The van der Waals surface area contributed by atoms with Crippen LogP contribution in [0, 0.1) is 0 Å². The number of benzene rings is 1. The lowest BCUT2D eigenvalue weighted by molar-refractivity contribution is -0.0350. The largest absolute Gasteiger partial charge is 0.366 e. The maximum atomic E-state index is 5.87. The van der Waals surface area contributed by atoms with Gasteiger partial charge >= 0.3 is 0 Å². The Morgan fingerprint density at radius 3 is 2.40 bits per heavy atom. The number of rotatable bonds is 1. The molecule has 0 aromatic heterocycles. The molecule has 0 aliphatic carbocycles. The van der Waals surface area contributed by atoms with E-state index in [0.29, 0.717) is 6.61 Å². The van der Waals surface area contributed by atoms with Crippen LogP contribution in [0.4, 0.5) is 0 Å². The van der Waals surface area contributed by atoms with E-state index in [4.69, 9.17) is 4.74 Å². The van der Waals surface area contributed by atoms with Gasteiger partial charge in [0.15, 0.2) is 0 Å². The Morgan fingerprint density at radius 1 is 1.13 bits per heavy atom. The first-order chi connectivity index (χ1) is 7.12. The molecule has 1 nitrogen and oxygen atoms in total. The van der Waals surface area contributed by atoms with Crippen LogP contribution < -0.4 is 0 Å². The smallest absolute Gasteiger partial charge is 0.0947 e. The van der Waals surface area contributed by atoms with Crippen molar-refractivity contribution in [1.82, 2.24) is 0 Å². The van der Waals surface area contributed by atoms with E-state index in [2.05, 4.69) is 32.2 Å². The van der Waals surface area contributed by atoms with Gasteiger partial charge in [-0.05, 0) is 23.6 Å². The Balaban J connectivity index is 2.29. The normalized spacial score (nSPS) is 26.7. The van der Waals surface area contributed by atoms with Crippen molar-refractivity contribution in [3.05, 3.63) is 60.2 Å². The van der Waals surface area contributed by atoms with Crippen LogP contribution in [-0.4, -0.2) is 6.61 Å². The van der Waals surface area contributed by atoms with E-state index < -0.39 is 0 Å². The monoisotopic (exact) mass is 200 g/mol. The molecular formula is C14H16O. The number of hydrogen-bond donors (Lipinski definition) is 0. The maximum Gasteiger partial charge on any atom is 0.0947 e. The van der Waals surface area contributed by atoms with Gasteiger partial charge in [0.25, 0.3) is 0 Å². The van der Waals surface area contributed by atoms with Crippen LogP contribution in [0.5, 0.6) is 0 Å². The number of ether oxygens (including phenoxy) is 1. The summed E-state index contributed by atoms with van der Waals surface area (Å²) in [6.07, 6.45) is 0.829. The minimum Gasteiger partial charge on any atom is -0.366 e. The van der Waals surface area contributed by atoms with E-state index >= 15 is 0 Å². The lowest BCUT2D eigenvalue weighted by Crippen LogP contribution is -2.32. The summed E-state index contributed by atoms with van der Waals surface area (Å²) in [4.78, 5) is 0. The van der Waals surface area contributed by atoms with Crippen molar-refractivity contribution >= 4 is 0 Å². The van der Waals surface area contributed by atoms with Crippen LogP contribution >= 0.6 is 0 Å². The Hall–Kier alpha value is -1.34. The summed E-state index contributed by atoms with van der Waals surface area (Å²) in [5.41, 5.74) is 3.09. The molecule has 15 heavy (non-hydrogen) atoms. The van der Waals surface area contributed by atoms with E-state index in [1.807, 2.05) is 18.2 Å². The molecule has 2 rings (SSSR count). The Kier molecular flexibility index (Phi) is 2.49. The highest BCUT2D eigenvalue weighted by atomic mass is 16.5. The molecule has 1 aromatic carbocycles. The first-order valence-corrected chi connectivity index (χ1v) is 5.17. The first kappa shape index (κ1) is 10.2. The van der Waals surface area contributed by atoms with Crippen molar-refractivity contribution < 1.29 is 4.74 Å². The lowest BCUT2D eigenvalue weighted by Gasteiger charge is -2.36. The Labute approximate surface area is 91.1 Å². The molecule has 1 atom stereocenters. The third kappa shape index (κ3) is 1.88. The number of hydrogen-bond acceptors (Lipinski definition) is 1. The average Bonchev–Trinajstić information content (AvgIpc) is 2.26. The fourth-order valence-electron chi connectivity index (χ4n) is 1.91. The van der Waals surface area contributed by atoms with Crippen molar-refractivity contribution in [2.45, 2.75) is 18.9 Å². The van der Waals surface area contributed by atoms with Gasteiger partial charge in [0.05, 0.1) is 12.2 Å². The zero-order chi connectivity index (χ0) is 10.9. The SMILES string of the molecule is C=C1COC(C)(c2ccccc2)CC1=C. The van der Waals surface area contributed by atoms with Crippen molar-refractivity contribution in [1.29, 1.82) is 0 Å². The van der Waals surface area contributed by atoms with E-state index in [1.165, 1.54) is 5.56 Å². The summed E-state index contributed by atoms with van der Waals surface area (Å²) in [5.74, 6) is 0. The second-order valence-electron chi connectivity index (χ2n) is 4.27. The van der Waals surface area contributed by atoms with Crippen molar-refractivity contribution in [3.63, 3.8) is 0 Å². The van der Waals surface area contributed by atoms with Gasteiger partial charge < -0.3 is 4.74 Å². The summed E-state index contributed by atoms with van der Waals surface area (Å²) in [5, 5.41) is 0. The van der Waals surface area contributed by atoms with Gasteiger partial charge in [0, 0.05) is 6.42 Å². The molecule has 1 saturated heterocycles. The van der Waals surface area contributed by atoms with Crippen LogP contribution in [0.1, 0.15) is 18.9 Å². The average molecular weight is 200 g/mol. The summed E-state index contributed by atoms with van der Waals surface area (Å²) < 4.78 is 5.87. The van der Waals surface area contributed by atoms with Crippen molar-refractivity contribution in [2.24, 2.45) is 0 Å². The molecule has 1 unspecified atom stereocenters. The topological polar surface area (TPSA) is 9.23 Å². The predicted octanol–water partition coefficient (Wildman–Crippen LogP) is 3.43. The second-order valence-corrected chi connectivity index (χ2v) is 4.27. The van der Waals surface area contributed by atoms with Crippen molar-refractivity contribution in [2.75, 3.05) is 6.61 Å². The lowest BCUT2D eigenvalue weighted by atomic mass is 9.85. The Bertz CT molecular complexity index is 391. The molecule has 1 heteroatoms. The molecule has 0 N–H and O–H groups in total. The van der Waals surface area contributed by atoms with Crippen LogP contribution in [-0.2, 0) is 10.3 Å². The van der Waals surface area contributed by atoms with Gasteiger partial charge in [-0.2, -0.15) is 0 Å². The summed E-state index contributed by atoms with van der Waals surface area (Å²) in [6.45, 7) is 10.7. The second kappa shape index (κ2) is 3.67. The Morgan fingerprint density at radius 2 is 1.80 bits per heavy atom. The van der Waals surface area contributed by atoms with Crippen LogP contribution in [0.2, 0.25) is 0 Å². The highest BCUT2D eigenvalue weighted by Crippen LogP contribution is 2.37. The minimum absolute atomic E-state index is 0.237. The molecule has 1 aromatic rings. The van der Waals surface area contributed by atoms with Crippen LogP contribution in [0.3, 0.4) is 0 Å². The first-order valence-electron chi connectivity index (χ1n) is 5.17. The predicted molar refractivity (Wildman–Crippen MR) is 62.6 cm³/mol. The van der Waals surface area contributed by atoms with E-state index in [9.17, 15) is 0 Å². The fourth-order valence-corrected chi connectivity index (χ4v) is 1.91. The van der Waals surface area contributed by atoms with E-state index in [0.717, 1.165) is 17.6 Å². The molecule has 1 heterocycles. The molecule has 0 bridgehead atoms. The van der Waals surface area contributed by atoms with Gasteiger partial charge in [-0.15, -0.1) is 0 Å². The maximum absolute atomic E-state index is 5.87. The van der Waals surface area contributed by atoms with Crippen molar-refractivity contribution in [3.8, 4) is 0 Å². The van der Waals surface area contributed by atoms with Gasteiger partial charge in [-0.1, -0.05) is 43.5 Å². The standard InChI is InChI=1S/C14H16O/c1-11-9-14(3,15-10-12(11)2)13-7-5-4-6-8-13/h4-8H,1-2,9-10H2,3H3. The third-order valence-electron chi connectivity index (χ3n) is 3.00. The van der Waals surface area contributed by atoms with Crippen LogP contribution in [0.15, 0.2) is 54.6 Å². The van der Waals surface area contributed by atoms with Gasteiger partial charge in [-0.3, -0.25) is 0 Å². The molecule has 1 fully saturated rings.